The summed E-state index contributed by atoms with van der Waals surface area (Å²) in [6, 6.07) is 9.42. The van der Waals surface area contributed by atoms with E-state index in [1.807, 2.05) is 44.2 Å². The lowest BCUT2D eigenvalue weighted by Gasteiger charge is -2.05. The highest BCUT2D eigenvalue weighted by Gasteiger charge is 2.16. The highest BCUT2D eigenvalue weighted by atomic mass is 32.1. The summed E-state index contributed by atoms with van der Waals surface area (Å²) in [7, 11) is 0. The molecule has 0 fully saturated rings. The maximum absolute atomic E-state index is 11.3. The van der Waals surface area contributed by atoms with Crippen molar-refractivity contribution in [2.45, 2.75) is 20.8 Å². The van der Waals surface area contributed by atoms with Crippen LogP contribution in [0.15, 0.2) is 34.9 Å². The number of carbonyl (C=O) groups excluding carboxylic acids is 1. The fourth-order valence-electron chi connectivity index (χ4n) is 2.26. The van der Waals surface area contributed by atoms with Crippen molar-refractivity contribution in [1.82, 2.24) is 10.1 Å². The van der Waals surface area contributed by atoms with Gasteiger partial charge >= 0.3 is 0 Å². The summed E-state index contributed by atoms with van der Waals surface area (Å²) >= 11 is 1.70. The van der Waals surface area contributed by atoms with E-state index in [1.54, 1.807) is 11.3 Å². The maximum Gasteiger partial charge on any atom is 0.259 e. The number of anilines is 1. The van der Waals surface area contributed by atoms with E-state index in [-0.39, 0.29) is 5.91 Å². The van der Waals surface area contributed by atoms with Crippen LogP contribution in [0.1, 0.15) is 16.7 Å². The Labute approximate surface area is 132 Å². The number of amides is 1. The summed E-state index contributed by atoms with van der Waals surface area (Å²) in [5.41, 5.74) is 2.36. The SMILES string of the molecule is CC(=O)Nc1ccccc1-c1noc(-c2cc(C)sc2C)n1. The molecule has 0 bridgehead atoms. The van der Waals surface area contributed by atoms with Gasteiger partial charge in [-0.05, 0) is 32.0 Å². The van der Waals surface area contributed by atoms with Crippen molar-refractivity contribution in [3.63, 3.8) is 0 Å². The van der Waals surface area contributed by atoms with Gasteiger partial charge in [0.15, 0.2) is 0 Å². The minimum atomic E-state index is -0.138. The van der Waals surface area contributed by atoms with Gasteiger partial charge in [-0.15, -0.1) is 11.3 Å². The third-order valence-electron chi connectivity index (χ3n) is 3.18. The Morgan fingerprint density at radius 1 is 1.23 bits per heavy atom. The molecule has 0 unspecified atom stereocenters. The number of thiophene rings is 1. The summed E-state index contributed by atoms with van der Waals surface area (Å²) in [4.78, 5) is 18.1. The minimum Gasteiger partial charge on any atom is -0.334 e. The molecule has 22 heavy (non-hydrogen) atoms. The average molecular weight is 313 g/mol. The Hall–Kier alpha value is -2.47. The molecule has 0 aliphatic rings. The van der Waals surface area contributed by atoms with Gasteiger partial charge in [-0.2, -0.15) is 4.98 Å². The van der Waals surface area contributed by atoms with E-state index in [9.17, 15) is 4.79 Å². The fraction of sp³-hybridized carbons (Fsp3) is 0.188. The molecule has 2 aromatic heterocycles. The average Bonchev–Trinajstić information content (AvgIpc) is 3.05. The van der Waals surface area contributed by atoms with Gasteiger partial charge < -0.3 is 9.84 Å². The van der Waals surface area contributed by atoms with Crippen LogP contribution < -0.4 is 5.32 Å². The number of nitrogens with one attached hydrogen (secondary N) is 1. The highest BCUT2D eigenvalue weighted by Crippen LogP contribution is 2.32. The molecule has 0 aliphatic heterocycles. The summed E-state index contributed by atoms with van der Waals surface area (Å²) < 4.78 is 5.39. The lowest BCUT2D eigenvalue weighted by molar-refractivity contribution is -0.114. The first-order valence-corrected chi connectivity index (χ1v) is 7.64. The molecule has 6 heteroatoms. The van der Waals surface area contributed by atoms with Gasteiger partial charge in [-0.3, -0.25) is 4.79 Å². The number of rotatable bonds is 3. The Kier molecular flexibility index (Phi) is 3.77. The molecule has 0 spiro atoms. The zero-order valence-corrected chi connectivity index (χ0v) is 13.3. The van der Waals surface area contributed by atoms with E-state index in [4.69, 9.17) is 4.52 Å². The number of hydrogen-bond donors (Lipinski definition) is 1. The van der Waals surface area contributed by atoms with Gasteiger partial charge in [-0.1, -0.05) is 17.3 Å². The predicted octanol–water partition coefficient (Wildman–Crippen LogP) is 4.04. The monoisotopic (exact) mass is 313 g/mol. The first kappa shape index (κ1) is 14.5. The second kappa shape index (κ2) is 5.73. The zero-order valence-electron chi connectivity index (χ0n) is 12.5. The van der Waals surface area contributed by atoms with Crippen LogP contribution in [0, 0.1) is 13.8 Å². The smallest absolute Gasteiger partial charge is 0.259 e. The Morgan fingerprint density at radius 2 is 2.00 bits per heavy atom. The summed E-state index contributed by atoms with van der Waals surface area (Å²) in [6.45, 7) is 5.54. The molecular formula is C16H15N3O2S. The van der Waals surface area contributed by atoms with Gasteiger partial charge in [0, 0.05) is 22.2 Å². The van der Waals surface area contributed by atoms with Crippen LogP contribution in [0.5, 0.6) is 0 Å². The number of aryl methyl sites for hydroxylation is 2. The van der Waals surface area contributed by atoms with E-state index in [1.165, 1.54) is 11.8 Å². The molecule has 112 valence electrons. The molecule has 0 saturated heterocycles. The molecule has 5 nitrogen and oxygen atoms in total. The number of benzene rings is 1. The second-order valence-electron chi connectivity index (χ2n) is 4.98. The van der Waals surface area contributed by atoms with E-state index >= 15 is 0 Å². The molecule has 0 radical (unpaired) electrons. The maximum atomic E-state index is 11.3. The van der Waals surface area contributed by atoms with Crippen LogP contribution in [0.2, 0.25) is 0 Å². The van der Waals surface area contributed by atoms with Crippen LogP contribution in [0.3, 0.4) is 0 Å². The molecule has 1 aromatic carbocycles. The minimum absolute atomic E-state index is 0.138. The van der Waals surface area contributed by atoms with Crippen LogP contribution in [-0.4, -0.2) is 16.0 Å². The van der Waals surface area contributed by atoms with E-state index in [0.29, 0.717) is 17.4 Å². The molecule has 1 amide bonds. The van der Waals surface area contributed by atoms with Gasteiger partial charge in [0.2, 0.25) is 11.7 Å². The van der Waals surface area contributed by atoms with E-state index in [2.05, 4.69) is 15.5 Å². The number of hydrogen-bond acceptors (Lipinski definition) is 5. The fourth-order valence-corrected chi connectivity index (χ4v) is 3.18. The first-order chi connectivity index (χ1) is 10.5. The van der Waals surface area contributed by atoms with Crippen LogP contribution in [0.25, 0.3) is 22.8 Å². The summed E-state index contributed by atoms with van der Waals surface area (Å²) in [6.07, 6.45) is 0. The van der Waals surface area contributed by atoms with E-state index in [0.717, 1.165) is 16.0 Å². The van der Waals surface area contributed by atoms with Gasteiger partial charge in [0.05, 0.1) is 11.3 Å². The van der Waals surface area contributed by atoms with Crippen molar-refractivity contribution >= 4 is 22.9 Å². The third-order valence-corrected chi connectivity index (χ3v) is 4.14. The molecule has 0 aliphatic carbocycles. The molecular weight excluding hydrogens is 298 g/mol. The van der Waals surface area contributed by atoms with Crippen molar-refractivity contribution in [3.05, 3.63) is 40.1 Å². The van der Waals surface area contributed by atoms with Gasteiger partial charge in [-0.25, -0.2) is 0 Å². The van der Waals surface area contributed by atoms with Crippen molar-refractivity contribution in [2.24, 2.45) is 0 Å². The lowest BCUT2D eigenvalue weighted by Crippen LogP contribution is -2.06. The summed E-state index contributed by atoms with van der Waals surface area (Å²) in [5.74, 6) is 0.817. The topological polar surface area (TPSA) is 68.0 Å². The second-order valence-corrected chi connectivity index (χ2v) is 6.44. The molecule has 0 atom stereocenters. The molecule has 0 saturated carbocycles. The standard InChI is InChI=1S/C16H15N3O2S/c1-9-8-13(10(2)22-9)16-18-15(19-21-16)12-6-4-5-7-14(12)17-11(3)20/h4-8H,1-3H3,(H,17,20). The molecule has 3 rings (SSSR count). The predicted molar refractivity (Wildman–Crippen MR) is 86.8 cm³/mol. The first-order valence-electron chi connectivity index (χ1n) is 6.82. The largest absolute Gasteiger partial charge is 0.334 e. The van der Waals surface area contributed by atoms with E-state index < -0.39 is 0 Å². The van der Waals surface area contributed by atoms with Crippen LogP contribution >= 0.6 is 11.3 Å². The lowest BCUT2D eigenvalue weighted by atomic mass is 10.1. The number of nitrogens with zero attached hydrogens (tertiary/aromatic N) is 2. The van der Waals surface area contributed by atoms with Crippen molar-refractivity contribution in [2.75, 3.05) is 5.32 Å². The summed E-state index contributed by atoms with van der Waals surface area (Å²) in [5, 5.41) is 6.83. The van der Waals surface area contributed by atoms with Gasteiger partial charge in [0.1, 0.15) is 0 Å². The Balaban J connectivity index is 2.01. The normalized spacial score (nSPS) is 10.7. The molecule has 1 N–H and O–H groups in total. The van der Waals surface area contributed by atoms with Crippen LogP contribution in [0.4, 0.5) is 5.69 Å². The molecule has 3 aromatic rings. The quantitative estimate of drug-likeness (QED) is 0.792. The Bertz CT molecular complexity index is 836. The number of carbonyl (C=O) groups is 1. The zero-order chi connectivity index (χ0) is 15.7. The van der Waals surface area contributed by atoms with Gasteiger partial charge in [0.25, 0.3) is 5.89 Å². The number of para-hydroxylation sites is 1. The van der Waals surface area contributed by atoms with Crippen molar-refractivity contribution in [3.8, 4) is 22.8 Å². The Morgan fingerprint density at radius 3 is 2.68 bits per heavy atom. The molecule has 2 heterocycles. The van der Waals surface area contributed by atoms with Crippen LogP contribution in [-0.2, 0) is 4.79 Å². The van der Waals surface area contributed by atoms with Crippen molar-refractivity contribution < 1.29 is 9.32 Å². The van der Waals surface area contributed by atoms with Crippen molar-refractivity contribution in [1.29, 1.82) is 0 Å². The number of aromatic nitrogens is 2. The third kappa shape index (κ3) is 2.78. The highest BCUT2D eigenvalue weighted by molar-refractivity contribution is 7.12.